The van der Waals surface area contributed by atoms with E-state index in [0.29, 0.717) is 33.2 Å². The number of hydrogen-bond donors (Lipinski definition) is 4. The third-order valence-electron chi connectivity index (χ3n) is 7.93. The van der Waals surface area contributed by atoms with Crippen LogP contribution in [0.2, 0.25) is 5.02 Å². The Morgan fingerprint density at radius 3 is 1.32 bits per heavy atom. The molecular formula is C62H85ClF3N10-. The lowest BCUT2D eigenvalue weighted by molar-refractivity contribution is -0.140. The summed E-state index contributed by atoms with van der Waals surface area (Å²) in [5, 5.41) is 27.2. The third kappa shape index (κ3) is 29.9. The molecule has 76 heavy (non-hydrogen) atoms. The van der Waals surface area contributed by atoms with E-state index in [1.165, 1.54) is 30.3 Å². The van der Waals surface area contributed by atoms with Crippen LogP contribution in [0.4, 0.5) is 24.5 Å². The van der Waals surface area contributed by atoms with Gasteiger partial charge in [0.15, 0.2) is 0 Å². The highest BCUT2D eigenvalue weighted by Gasteiger charge is 2.38. The number of H-pyrrole nitrogens is 4. The van der Waals surface area contributed by atoms with Crippen LogP contribution < -0.4 is 0 Å². The van der Waals surface area contributed by atoms with Crippen molar-refractivity contribution in [3.05, 3.63) is 203 Å². The number of rotatable bonds is 3. The summed E-state index contributed by atoms with van der Waals surface area (Å²) in [5.41, 5.74) is 3.21. The molecule has 0 unspecified atom stereocenters. The minimum Gasteiger partial charge on any atom is -1.00 e. The van der Waals surface area contributed by atoms with Crippen LogP contribution in [0.5, 0.6) is 0 Å². The molecule has 0 spiro atoms. The van der Waals surface area contributed by atoms with Crippen LogP contribution >= 0.6 is 11.6 Å². The van der Waals surface area contributed by atoms with E-state index in [1.54, 1.807) is 18.5 Å². The van der Waals surface area contributed by atoms with Crippen LogP contribution in [0.25, 0.3) is 43.5 Å². The van der Waals surface area contributed by atoms with E-state index in [1.807, 2.05) is 244 Å². The second-order valence-electron chi connectivity index (χ2n) is 11.8. The maximum Gasteiger partial charge on any atom is 0.432 e. The average Bonchev–Trinajstić information content (AvgIpc) is 4.38. The van der Waals surface area contributed by atoms with Gasteiger partial charge >= 0.3 is 6.18 Å². The van der Waals surface area contributed by atoms with Crippen molar-refractivity contribution < 1.29 is 14.6 Å². The van der Waals surface area contributed by atoms with Gasteiger partial charge < -0.3 is 25.9 Å². The Labute approximate surface area is 462 Å². The number of nitriles is 3. The van der Waals surface area contributed by atoms with E-state index in [9.17, 15) is 13.2 Å². The number of aromatic amines is 4. The zero-order chi connectivity index (χ0) is 58.6. The van der Waals surface area contributed by atoms with Gasteiger partial charge in [0.05, 0.1) is 41.7 Å². The number of nitrogens with one attached hydrogen (secondary N) is 4. The number of nitrogens with zero attached hydrogens (tertiary/aromatic N) is 6. The summed E-state index contributed by atoms with van der Waals surface area (Å²) in [6.45, 7) is 45.7. The average molecular weight is 1060 g/mol. The van der Waals surface area contributed by atoms with Gasteiger partial charge in [-0.2, -0.15) is 29.0 Å². The number of halogens is 4. The van der Waals surface area contributed by atoms with Crippen molar-refractivity contribution in [2.24, 2.45) is 7.05 Å². The monoisotopic (exact) mass is 1060 g/mol. The number of aromatic nitrogens is 5. The zero-order valence-electron chi connectivity index (χ0n) is 48.1. The van der Waals surface area contributed by atoms with E-state index < -0.39 is 17.4 Å². The zero-order valence-corrected chi connectivity index (χ0v) is 47.9. The van der Waals surface area contributed by atoms with E-state index in [2.05, 4.69) is 29.6 Å². The first kappa shape index (κ1) is 79.0. The first-order valence-corrected chi connectivity index (χ1v) is 25.6. The molecule has 0 aliphatic rings. The molecule has 5 aromatic heterocycles. The molecule has 14 heteroatoms. The van der Waals surface area contributed by atoms with Crippen molar-refractivity contribution in [2.75, 3.05) is 0 Å². The van der Waals surface area contributed by atoms with Crippen LogP contribution in [0, 0.1) is 47.1 Å². The summed E-state index contributed by atoms with van der Waals surface area (Å²) in [7, 11) is 2.00. The predicted molar refractivity (Wildman–Crippen MR) is 320 cm³/mol. The van der Waals surface area contributed by atoms with Gasteiger partial charge in [0.25, 0.3) is 0 Å². The van der Waals surface area contributed by atoms with Gasteiger partial charge in [0.1, 0.15) is 23.4 Å². The molecular weight excluding hydrogens is 977 g/mol. The van der Waals surface area contributed by atoms with Crippen molar-refractivity contribution in [1.29, 1.82) is 15.8 Å². The highest BCUT2D eigenvalue weighted by Crippen LogP contribution is 2.37. The number of hydrogen-bond acceptors (Lipinski definition) is 3. The first-order valence-electron chi connectivity index (χ1n) is 25.2. The first-order chi connectivity index (χ1) is 36.5. The molecule has 0 saturated carbocycles. The summed E-state index contributed by atoms with van der Waals surface area (Å²) in [4.78, 5) is 17.6. The number of aryl methyl sites for hydroxylation is 1. The Kier molecular flexibility index (Phi) is 55.0. The van der Waals surface area contributed by atoms with Gasteiger partial charge in [-0.05, 0) is 59.2 Å². The van der Waals surface area contributed by atoms with Gasteiger partial charge in [0, 0.05) is 54.9 Å². The molecule has 0 bridgehead atoms. The van der Waals surface area contributed by atoms with E-state index in [4.69, 9.17) is 40.5 Å². The van der Waals surface area contributed by atoms with E-state index in [-0.39, 0.29) is 20.1 Å². The Bertz CT molecular complexity index is 2710. The Balaban J connectivity index is -0.000000155. The Hall–Kier alpha value is -8.41. The molecule has 10 nitrogen and oxygen atoms in total. The summed E-state index contributed by atoms with van der Waals surface area (Å²) in [6, 6.07) is 40.2. The fourth-order valence-electron chi connectivity index (χ4n) is 5.15. The molecule has 8 aromatic rings. The molecule has 0 radical (unpaired) electrons. The Morgan fingerprint density at radius 1 is 0.539 bits per heavy atom. The molecule has 0 atom stereocenters. The molecule has 5 heterocycles. The lowest BCUT2D eigenvalue weighted by Gasteiger charge is -2.03. The second kappa shape index (κ2) is 52.9. The summed E-state index contributed by atoms with van der Waals surface area (Å²) >= 11 is 5.70. The van der Waals surface area contributed by atoms with Crippen LogP contribution in [0.3, 0.4) is 0 Å². The summed E-state index contributed by atoms with van der Waals surface area (Å²) in [6.07, 6.45) is 6.30. The molecule has 0 amide bonds. The fraction of sp³-hybridized carbons (Fsp3) is 0.306. The van der Waals surface area contributed by atoms with E-state index in [0.717, 1.165) is 16.8 Å². The molecule has 8 rings (SSSR count). The van der Waals surface area contributed by atoms with Crippen LogP contribution in [-0.4, -0.2) is 24.5 Å². The maximum atomic E-state index is 12.8. The van der Waals surface area contributed by atoms with Crippen LogP contribution in [0.1, 0.15) is 142 Å². The maximum absolute atomic E-state index is 12.8. The van der Waals surface area contributed by atoms with Crippen molar-refractivity contribution >= 4 is 23.0 Å². The van der Waals surface area contributed by atoms with Crippen LogP contribution in [-0.2, 0) is 13.2 Å². The standard InChI is InChI=1S/C13H5ClF3N3.C12H7N3.C11H8N2.C5H7N.C4H5N.8C2H6.CH4.H/c14-8-3-1-7(2-4-8)11-9(5-18)10(6-19)12(20-11)13(15,16)17;1-14-11-8-15-12(10(11)7-13)9-5-3-2-4-6-9;1-12-10-7-11(13-8-10)9-5-3-2-4-6-9;1-6-4-2-3-5-6;1-2-4-5-3-1;8*1-2;;/h1-4,20H;2-6,8,15H;2-8,13H;2-5H,1H3;1-5H;8*1-2H3;1H4;/q;;;;;;;;;;;;;;-1. The second-order valence-corrected chi connectivity index (χ2v) is 12.3. The summed E-state index contributed by atoms with van der Waals surface area (Å²) < 4.78 is 40.5. The highest BCUT2D eigenvalue weighted by atomic mass is 35.5. The number of alkyl halides is 3. The summed E-state index contributed by atoms with van der Waals surface area (Å²) in [5.74, 6) is 0. The highest BCUT2D eigenvalue weighted by molar-refractivity contribution is 6.30. The smallest absolute Gasteiger partial charge is 0.432 e. The van der Waals surface area contributed by atoms with Crippen LogP contribution in [0.15, 0.2) is 152 Å². The lowest BCUT2D eigenvalue weighted by atomic mass is 10.1. The normalized spacial score (nSPS) is 8.16. The lowest BCUT2D eigenvalue weighted by Crippen LogP contribution is -2.07. The minimum atomic E-state index is -4.73. The minimum absolute atomic E-state index is 0. The predicted octanol–water partition coefficient (Wildman–Crippen LogP) is 21.4. The molecule has 0 saturated heterocycles. The molecule has 412 valence electrons. The molecule has 4 N–H and O–H groups in total. The third-order valence-corrected chi connectivity index (χ3v) is 8.18. The molecule has 0 aliphatic heterocycles. The van der Waals surface area contributed by atoms with Gasteiger partial charge in [-0.3, -0.25) is 0 Å². The quantitative estimate of drug-likeness (QED) is 0.131. The van der Waals surface area contributed by atoms with E-state index >= 15 is 0 Å². The SMILES string of the molecule is C.CC.CC.CC.CC.CC.CC.CC.CC.Cn1cccc1.N#Cc1c(-c2ccc(Cl)cc2)[nH]c(C(F)(F)F)c1C#N.[C-]#[N+]c1c[nH]c(-c2ccccc2)c1.[C-]#[N+]c1c[nH]c(-c2ccccc2)c1C#N.[H-].c1cc[nH]c1. The molecule has 0 fully saturated rings. The Morgan fingerprint density at radius 2 is 0.974 bits per heavy atom. The van der Waals surface area contributed by atoms with Crippen molar-refractivity contribution in [3.63, 3.8) is 0 Å². The topological polar surface area (TPSA) is 148 Å². The van der Waals surface area contributed by atoms with Gasteiger partial charge in [-0.25, -0.2) is 9.69 Å². The molecule has 3 aromatic carbocycles. The van der Waals surface area contributed by atoms with Crippen molar-refractivity contribution in [3.8, 4) is 52.0 Å². The van der Waals surface area contributed by atoms with Gasteiger partial charge in [0.2, 0.25) is 11.4 Å². The van der Waals surface area contributed by atoms with Crippen molar-refractivity contribution in [1.82, 2.24) is 24.5 Å². The fourth-order valence-corrected chi connectivity index (χ4v) is 5.27. The number of benzene rings is 3. The van der Waals surface area contributed by atoms with Gasteiger partial charge in [-0.1, -0.05) is 203 Å². The largest absolute Gasteiger partial charge is 1.00 e. The van der Waals surface area contributed by atoms with Gasteiger partial charge in [-0.15, -0.1) is 0 Å². The van der Waals surface area contributed by atoms with Crippen molar-refractivity contribution in [2.45, 2.75) is 124 Å². The molecule has 0 aliphatic carbocycles.